The maximum absolute atomic E-state index is 11.7. The van der Waals surface area contributed by atoms with E-state index < -0.39 is 0 Å². The second kappa shape index (κ2) is 7.33. The molecule has 0 saturated carbocycles. The number of ether oxygens (including phenoxy) is 1. The molecule has 0 aliphatic rings. The molecule has 4 heteroatoms. The van der Waals surface area contributed by atoms with Gasteiger partial charge in [0, 0.05) is 11.4 Å². The van der Waals surface area contributed by atoms with Crippen molar-refractivity contribution in [3.63, 3.8) is 0 Å². The van der Waals surface area contributed by atoms with Gasteiger partial charge in [-0.05, 0) is 31.0 Å². The Morgan fingerprint density at radius 3 is 2.94 bits per heavy atom. The molecular formula is C13H18BrNO2. The highest BCUT2D eigenvalue weighted by Crippen LogP contribution is 2.12. The van der Waals surface area contributed by atoms with Crippen molar-refractivity contribution in [2.45, 2.75) is 25.8 Å². The molecule has 0 fully saturated rings. The fourth-order valence-electron chi connectivity index (χ4n) is 1.53. The van der Waals surface area contributed by atoms with Crippen molar-refractivity contribution in [1.29, 1.82) is 0 Å². The average molecular weight is 300 g/mol. The third-order valence-electron chi connectivity index (χ3n) is 2.45. The quantitative estimate of drug-likeness (QED) is 0.820. The molecule has 1 unspecified atom stereocenters. The minimum Gasteiger partial charge on any atom is -0.497 e. The van der Waals surface area contributed by atoms with Crippen molar-refractivity contribution in [3.8, 4) is 5.75 Å². The van der Waals surface area contributed by atoms with Crippen molar-refractivity contribution >= 4 is 21.8 Å². The number of carbonyl (C=O) groups excluding carboxylic acids is 1. The Hall–Kier alpha value is -1.03. The molecule has 0 saturated heterocycles. The van der Waals surface area contributed by atoms with Crippen LogP contribution in [0, 0.1) is 0 Å². The first-order chi connectivity index (χ1) is 8.15. The van der Waals surface area contributed by atoms with Crippen molar-refractivity contribution in [2.75, 3.05) is 12.4 Å². The van der Waals surface area contributed by atoms with Crippen molar-refractivity contribution in [1.82, 2.24) is 5.32 Å². The molecule has 1 amide bonds. The summed E-state index contributed by atoms with van der Waals surface area (Å²) in [5.41, 5.74) is 0.966. The number of benzene rings is 1. The lowest BCUT2D eigenvalue weighted by molar-refractivity contribution is -0.121. The summed E-state index contributed by atoms with van der Waals surface area (Å²) in [5, 5.41) is 3.85. The third kappa shape index (κ3) is 5.22. The van der Waals surface area contributed by atoms with E-state index in [0.29, 0.717) is 6.42 Å². The number of carbonyl (C=O) groups is 1. The molecule has 1 aromatic rings. The number of alkyl halides is 1. The van der Waals surface area contributed by atoms with Crippen molar-refractivity contribution < 1.29 is 9.53 Å². The van der Waals surface area contributed by atoms with E-state index in [-0.39, 0.29) is 11.9 Å². The van der Waals surface area contributed by atoms with E-state index in [1.54, 1.807) is 7.11 Å². The molecule has 0 spiro atoms. The van der Waals surface area contributed by atoms with E-state index in [1.165, 1.54) is 0 Å². The first-order valence-corrected chi connectivity index (χ1v) is 6.76. The monoisotopic (exact) mass is 299 g/mol. The number of methoxy groups -OCH3 is 1. The lowest BCUT2D eigenvalue weighted by Gasteiger charge is -2.12. The van der Waals surface area contributed by atoms with Crippen LogP contribution < -0.4 is 10.1 Å². The molecule has 0 aliphatic carbocycles. The Kier molecular flexibility index (Phi) is 6.05. The fourth-order valence-corrected chi connectivity index (χ4v) is 2.22. The molecule has 0 radical (unpaired) electrons. The normalized spacial score (nSPS) is 11.9. The van der Waals surface area contributed by atoms with Crippen molar-refractivity contribution in [2.24, 2.45) is 0 Å². The minimum absolute atomic E-state index is 0.0479. The molecule has 0 bridgehead atoms. The molecule has 1 N–H and O–H groups in total. The van der Waals surface area contributed by atoms with Gasteiger partial charge >= 0.3 is 0 Å². The number of halogens is 1. The predicted octanol–water partition coefficient (Wildman–Crippen LogP) is 2.53. The maximum atomic E-state index is 11.7. The summed E-state index contributed by atoms with van der Waals surface area (Å²) in [4.78, 5) is 11.7. The highest BCUT2D eigenvalue weighted by Gasteiger charge is 2.07. The van der Waals surface area contributed by atoms with E-state index in [0.717, 1.165) is 23.1 Å². The average Bonchev–Trinajstić information content (AvgIpc) is 2.29. The van der Waals surface area contributed by atoms with Crippen molar-refractivity contribution in [3.05, 3.63) is 29.8 Å². The molecular weight excluding hydrogens is 282 g/mol. The molecule has 0 heterocycles. The summed E-state index contributed by atoms with van der Waals surface area (Å²) in [6.07, 6.45) is 1.33. The van der Waals surface area contributed by atoms with Gasteiger partial charge in [-0.1, -0.05) is 28.1 Å². The van der Waals surface area contributed by atoms with E-state index >= 15 is 0 Å². The lowest BCUT2D eigenvalue weighted by atomic mass is 10.1. The van der Waals surface area contributed by atoms with Gasteiger partial charge in [0.2, 0.25) is 5.91 Å². The van der Waals surface area contributed by atoms with Crippen LogP contribution in [0.4, 0.5) is 0 Å². The van der Waals surface area contributed by atoms with E-state index in [2.05, 4.69) is 21.2 Å². The second-order valence-corrected chi connectivity index (χ2v) is 4.77. The first-order valence-electron chi connectivity index (χ1n) is 5.64. The van der Waals surface area contributed by atoms with Gasteiger partial charge in [0.05, 0.1) is 13.5 Å². The van der Waals surface area contributed by atoms with Gasteiger partial charge in [-0.25, -0.2) is 0 Å². The standard InChI is InChI=1S/C13H18BrNO2/c1-10(6-7-14)15-13(16)9-11-4-3-5-12(8-11)17-2/h3-5,8,10H,6-7,9H2,1-2H3,(H,15,16). The summed E-state index contributed by atoms with van der Waals surface area (Å²) in [6.45, 7) is 2.00. The van der Waals surface area contributed by atoms with Crippen LogP contribution in [0.3, 0.4) is 0 Å². The van der Waals surface area contributed by atoms with Crippen LogP contribution in [0.5, 0.6) is 5.75 Å². The highest BCUT2D eigenvalue weighted by molar-refractivity contribution is 9.09. The van der Waals surface area contributed by atoms with Crippen LogP contribution in [0.2, 0.25) is 0 Å². The Bertz CT molecular complexity index is 368. The third-order valence-corrected chi connectivity index (χ3v) is 2.91. The van der Waals surface area contributed by atoms with Crippen LogP contribution >= 0.6 is 15.9 Å². The van der Waals surface area contributed by atoms with Gasteiger partial charge in [-0.2, -0.15) is 0 Å². The Morgan fingerprint density at radius 2 is 2.29 bits per heavy atom. The maximum Gasteiger partial charge on any atom is 0.224 e. The predicted molar refractivity (Wildman–Crippen MR) is 72.7 cm³/mol. The van der Waals surface area contributed by atoms with Crippen LogP contribution in [-0.2, 0) is 11.2 Å². The molecule has 0 aromatic heterocycles. The largest absolute Gasteiger partial charge is 0.497 e. The summed E-state index contributed by atoms with van der Waals surface area (Å²) in [5.74, 6) is 0.829. The Morgan fingerprint density at radius 1 is 1.53 bits per heavy atom. The SMILES string of the molecule is COc1cccc(CC(=O)NC(C)CCBr)c1. The van der Waals surface area contributed by atoms with Crippen LogP contribution in [0.1, 0.15) is 18.9 Å². The smallest absolute Gasteiger partial charge is 0.224 e. The van der Waals surface area contributed by atoms with E-state index in [9.17, 15) is 4.79 Å². The number of rotatable bonds is 6. The van der Waals surface area contributed by atoms with Crippen LogP contribution in [-0.4, -0.2) is 24.4 Å². The second-order valence-electron chi connectivity index (χ2n) is 3.97. The van der Waals surface area contributed by atoms with Gasteiger partial charge in [0.15, 0.2) is 0 Å². The van der Waals surface area contributed by atoms with Crippen LogP contribution in [0.15, 0.2) is 24.3 Å². The summed E-state index contributed by atoms with van der Waals surface area (Å²) < 4.78 is 5.12. The van der Waals surface area contributed by atoms with Gasteiger partial charge in [-0.3, -0.25) is 4.79 Å². The summed E-state index contributed by atoms with van der Waals surface area (Å²) in [7, 11) is 1.62. The molecule has 1 atom stereocenters. The molecule has 94 valence electrons. The van der Waals surface area contributed by atoms with E-state index in [4.69, 9.17) is 4.74 Å². The Labute approximate surface area is 111 Å². The zero-order valence-corrected chi connectivity index (χ0v) is 11.8. The number of nitrogens with one attached hydrogen (secondary N) is 1. The van der Waals surface area contributed by atoms with Gasteiger partial charge in [-0.15, -0.1) is 0 Å². The highest BCUT2D eigenvalue weighted by atomic mass is 79.9. The summed E-state index contributed by atoms with van der Waals surface area (Å²) in [6, 6.07) is 7.77. The molecule has 0 aliphatic heterocycles. The zero-order valence-electron chi connectivity index (χ0n) is 10.2. The van der Waals surface area contributed by atoms with Gasteiger partial charge < -0.3 is 10.1 Å². The van der Waals surface area contributed by atoms with Crippen LogP contribution in [0.25, 0.3) is 0 Å². The number of hydrogen-bond acceptors (Lipinski definition) is 2. The topological polar surface area (TPSA) is 38.3 Å². The van der Waals surface area contributed by atoms with Gasteiger partial charge in [0.25, 0.3) is 0 Å². The first kappa shape index (κ1) is 14.0. The molecule has 1 aromatic carbocycles. The molecule has 17 heavy (non-hydrogen) atoms. The zero-order chi connectivity index (χ0) is 12.7. The molecule has 3 nitrogen and oxygen atoms in total. The lowest BCUT2D eigenvalue weighted by Crippen LogP contribution is -2.33. The fraction of sp³-hybridized carbons (Fsp3) is 0.462. The number of hydrogen-bond donors (Lipinski definition) is 1. The minimum atomic E-state index is 0.0479. The van der Waals surface area contributed by atoms with Gasteiger partial charge in [0.1, 0.15) is 5.75 Å². The number of amides is 1. The Balaban J connectivity index is 2.49. The van der Waals surface area contributed by atoms with E-state index in [1.807, 2.05) is 31.2 Å². The molecule has 1 rings (SSSR count). The summed E-state index contributed by atoms with van der Waals surface area (Å²) >= 11 is 3.36.